The zero-order valence-corrected chi connectivity index (χ0v) is 20.5. The number of rotatable bonds is 7. The Morgan fingerprint density at radius 3 is 2.29 bits per heavy atom. The van der Waals surface area contributed by atoms with Crippen LogP contribution in [-0.2, 0) is 16.2 Å². The van der Waals surface area contributed by atoms with E-state index in [1.54, 1.807) is 37.3 Å². The van der Waals surface area contributed by atoms with Gasteiger partial charge in [-0.05, 0) is 55.5 Å². The van der Waals surface area contributed by atoms with Crippen LogP contribution in [0.4, 0.5) is 30.5 Å². The molecule has 0 aliphatic rings. The summed E-state index contributed by atoms with van der Waals surface area (Å²) in [5.74, 6) is -0.132. The highest BCUT2D eigenvalue weighted by atomic mass is 79.9. The molecule has 3 aromatic carbocycles. The number of hydrogen-bond acceptors (Lipinski definition) is 6. The smallest absolute Gasteiger partial charge is 0.416 e. The fourth-order valence-electron chi connectivity index (χ4n) is 3.22. The van der Waals surface area contributed by atoms with Crippen LogP contribution < -0.4 is 14.8 Å². The molecule has 12 heteroatoms. The molecule has 1 heterocycles. The van der Waals surface area contributed by atoms with Crippen molar-refractivity contribution in [2.45, 2.75) is 18.0 Å². The molecule has 0 unspecified atom stereocenters. The van der Waals surface area contributed by atoms with Crippen molar-refractivity contribution in [1.82, 2.24) is 9.97 Å². The molecular formula is C23H18BrF3N4O3S. The number of benzene rings is 3. The van der Waals surface area contributed by atoms with Crippen molar-refractivity contribution in [3.05, 3.63) is 76.8 Å². The van der Waals surface area contributed by atoms with Crippen LogP contribution in [0, 0.1) is 0 Å². The molecule has 0 saturated heterocycles. The number of aromatic nitrogens is 2. The van der Waals surface area contributed by atoms with Gasteiger partial charge in [0, 0.05) is 10.2 Å². The van der Waals surface area contributed by atoms with E-state index >= 15 is 0 Å². The molecule has 0 amide bonds. The first-order chi connectivity index (χ1) is 16.6. The lowest BCUT2D eigenvalue weighted by molar-refractivity contribution is -0.137. The van der Waals surface area contributed by atoms with Crippen LogP contribution in [0.1, 0.15) is 12.5 Å². The first-order valence-electron chi connectivity index (χ1n) is 10.2. The van der Waals surface area contributed by atoms with Gasteiger partial charge in [0.2, 0.25) is 0 Å². The molecular weight excluding hydrogens is 549 g/mol. The van der Waals surface area contributed by atoms with Crippen molar-refractivity contribution in [2.75, 3.05) is 16.6 Å². The molecule has 0 radical (unpaired) electrons. The van der Waals surface area contributed by atoms with Gasteiger partial charge in [0.1, 0.15) is 10.6 Å². The minimum atomic E-state index is -4.55. The number of hydrogen-bond donors (Lipinski definition) is 2. The topological polar surface area (TPSA) is 93.2 Å². The third-order valence-corrected chi connectivity index (χ3v) is 6.60. The molecule has 35 heavy (non-hydrogen) atoms. The van der Waals surface area contributed by atoms with Gasteiger partial charge in [0.05, 0.1) is 23.2 Å². The largest absolute Gasteiger partial charge is 0.492 e. The minimum Gasteiger partial charge on any atom is -0.492 e. The quantitative estimate of drug-likeness (QED) is 0.270. The van der Waals surface area contributed by atoms with Gasteiger partial charge in [0.25, 0.3) is 10.0 Å². The van der Waals surface area contributed by atoms with E-state index in [1.807, 2.05) is 0 Å². The Labute approximate surface area is 207 Å². The maximum atomic E-state index is 13.3. The van der Waals surface area contributed by atoms with E-state index in [0.29, 0.717) is 15.5 Å². The summed E-state index contributed by atoms with van der Waals surface area (Å²) in [6.07, 6.45) is -4.55. The fourth-order valence-corrected chi connectivity index (χ4v) is 4.91. The molecule has 0 aliphatic heterocycles. The first kappa shape index (κ1) is 24.7. The van der Waals surface area contributed by atoms with Gasteiger partial charge in [-0.15, -0.1) is 0 Å². The Morgan fingerprint density at radius 2 is 1.63 bits per heavy atom. The van der Waals surface area contributed by atoms with Crippen LogP contribution >= 0.6 is 15.9 Å². The highest BCUT2D eigenvalue weighted by Gasteiger charge is 2.30. The molecule has 0 saturated carbocycles. The van der Waals surface area contributed by atoms with Crippen molar-refractivity contribution in [1.29, 1.82) is 0 Å². The molecule has 0 aliphatic carbocycles. The zero-order chi connectivity index (χ0) is 25.2. The molecule has 1 aromatic heterocycles. The number of fused-ring (bicyclic) bond motifs is 1. The maximum Gasteiger partial charge on any atom is 0.416 e. The van der Waals surface area contributed by atoms with E-state index in [2.05, 4.69) is 35.9 Å². The second-order valence-corrected chi connectivity index (χ2v) is 9.81. The van der Waals surface area contributed by atoms with Crippen molar-refractivity contribution >= 4 is 54.3 Å². The van der Waals surface area contributed by atoms with Crippen LogP contribution in [0.15, 0.2) is 76.1 Å². The highest BCUT2D eigenvalue weighted by molar-refractivity contribution is 9.10. The fraction of sp³-hybridized carbons (Fsp3) is 0.130. The highest BCUT2D eigenvalue weighted by Crippen LogP contribution is 2.34. The van der Waals surface area contributed by atoms with Gasteiger partial charge < -0.3 is 10.1 Å². The summed E-state index contributed by atoms with van der Waals surface area (Å²) in [6.45, 7) is 1.96. The molecule has 4 rings (SSSR count). The first-order valence-corrected chi connectivity index (χ1v) is 12.5. The van der Waals surface area contributed by atoms with Gasteiger partial charge in [-0.3, -0.25) is 4.72 Å². The van der Waals surface area contributed by atoms with Crippen molar-refractivity contribution in [2.24, 2.45) is 0 Å². The predicted octanol–water partition coefficient (Wildman–Crippen LogP) is 6.35. The van der Waals surface area contributed by atoms with Gasteiger partial charge in [-0.25, -0.2) is 18.4 Å². The molecule has 4 aromatic rings. The number of para-hydroxylation sites is 2. The van der Waals surface area contributed by atoms with E-state index < -0.39 is 21.8 Å². The Hall–Kier alpha value is -3.38. The van der Waals surface area contributed by atoms with E-state index in [9.17, 15) is 21.6 Å². The second kappa shape index (κ2) is 9.70. The number of halogens is 4. The molecule has 0 bridgehead atoms. The molecule has 7 nitrogen and oxygen atoms in total. The van der Waals surface area contributed by atoms with Crippen LogP contribution in [0.5, 0.6) is 5.75 Å². The van der Waals surface area contributed by atoms with Gasteiger partial charge in [0.15, 0.2) is 11.6 Å². The molecule has 0 atom stereocenters. The lowest BCUT2D eigenvalue weighted by Gasteiger charge is -2.16. The van der Waals surface area contributed by atoms with Gasteiger partial charge >= 0.3 is 6.18 Å². The number of nitrogens with zero attached hydrogens (tertiary/aromatic N) is 2. The summed E-state index contributed by atoms with van der Waals surface area (Å²) in [5.41, 5.74) is -0.00219. The monoisotopic (exact) mass is 566 g/mol. The summed E-state index contributed by atoms with van der Waals surface area (Å²) in [5, 5.41) is 2.76. The summed E-state index contributed by atoms with van der Waals surface area (Å²) in [6, 6.07) is 15.7. The minimum absolute atomic E-state index is 0.0577. The second-order valence-electron chi connectivity index (χ2n) is 7.24. The van der Waals surface area contributed by atoms with E-state index in [1.165, 1.54) is 24.3 Å². The number of sulfonamides is 1. The van der Waals surface area contributed by atoms with Crippen LogP contribution in [0.25, 0.3) is 11.0 Å². The molecule has 0 spiro atoms. The number of ether oxygens (including phenoxy) is 1. The Bertz CT molecular complexity index is 1500. The summed E-state index contributed by atoms with van der Waals surface area (Å²) in [4.78, 5) is 8.61. The van der Waals surface area contributed by atoms with E-state index in [4.69, 9.17) is 4.74 Å². The van der Waals surface area contributed by atoms with Crippen molar-refractivity contribution in [3.8, 4) is 5.75 Å². The number of alkyl halides is 3. The number of nitrogens with one attached hydrogen (secondary N) is 2. The third-order valence-electron chi connectivity index (χ3n) is 4.75. The molecule has 182 valence electrons. The van der Waals surface area contributed by atoms with Crippen molar-refractivity contribution < 1.29 is 26.3 Å². The van der Waals surface area contributed by atoms with Crippen molar-refractivity contribution in [3.63, 3.8) is 0 Å². The summed E-state index contributed by atoms with van der Waals surface area (Å²) < 4.78 is 74.5. The maximum absolute atomic E-state index is 13.3. The van der Waals surface area contributed by atoms with Gasteiger partial charge in [-0.2, -0.15) is 13.2 Å². The Morgan fingerprint density at radius 1 is 0.943 bits per heavy atom. The zero-order valence-electron chi connectivity index (χ0n) is 18.1. The Balaban J connectivity index is 1.79. The summed E-state index contributed by atoms with van der Waals surface area (Å²) >= 11 is 3.26. The van der Waals surface area contributed by atoms with E-state index in [-0.39, 0.29) is 34.6 Å². The lowest BCUT2D eigenvalue weighted by atomic mass is 10.2. The predicted molar refractivity (Wildman–Crippen MR) is 130 cm³/mol. The van der Waals surface area contributed by atoms with Crippen LogP contribution in [0.3, 0.4) is 0 Å². The average Bonchev–Trinajstić information content (AvgIpc) is 2.80. The van der Waals surface area contributed by atoms with Gasteiger partial charge in [-0.1, -0.05) is 34.1 Å². The average molecular weight is 567 g/mol. The SMILES string of the molecule is CCOc1ccc(Br)cc1S(=O)(=O)Nc1nc2ccccc2nc1Nc1cccc(C(F)(F)F)c1. The number of anilines is 3. The van der Waals surface area contributed by atoms with Crippen LogP contribution in [0.2, 0.25) is 0 Å². The third kappa shape index (κ3) is 5.65. The normalized spacial score (nSPS) is 11.9. The lowest BCUT2D eigenvalue weighted by Crippen LogP contribution is -2.17. The molecule has 2 N–H and O–H groups in total. The van der Waals surface area contributed by atoms with E-state index in [0.717, 1.165) is 12.1 Å². The van der Waals surface area contributed by atoms with Crippen LogP contribution in [-0.4, -0.2) is 25.0 Å². The standard InChI is InChI=1S/C23H18BrF3N4O3S/c1-2-34-19-11-10-15(24)13-20(19)35(32,33)31-22-21(29-17-8-3-4-9-18(17)30-22)28-16-7-5-6-14(12-16)23(25,26)27/h3-13H,2H2,1H3,(H,28,29)(H,30,31). The summed E-state index contributed by atoms with van der Waals surface area (Å²) in [7, 11) is -4.23. The Kier molecular flexibility index (Phi) is 6.86. The molecule has 0 fully saturated rings.